The highest BCUT2D eigenvalue weighted by Gasteiger charge is 2.31. The number of nitrogens with zero attached hydrogens (tertiary/aromatic N) is 2. The Morgan fingerprint density at radius 3 is 2.18 bits per heavy atom. The minimum atomic E-state index is -4.08. The summed E-state index contributed by atoms with van der Waals surface area (Å²) in [6, 6.07) is 5.74. The summed E-state index contributed by atoms with van der Waals surface area (Å²) >= 11 is 0. The van der Waals surface area contributed by atoms with Crippen molar-refractivity contribution in [3.05, 3.63) is 42.2 Å². The second-order valence-electron chi connectivity index (χ2n) is 9.12. The molecular weight excluding hydrogens is 484 g/mol. The lowest BCUT2D eigenvalue weighted by atomic mass is 9.72. The highest BCUT2D eigenvalue weighted by atomic mass is 32.2. The third-order valence-electron chi connectivity index (χ3n) is 4.93. The molecule has 0 atom stereocenters. The van der Waals surface area contributed by atoms with Gasteiger partial charge in [0.25, 0.3) is 20.1 Å². The van der Waals surface area contributed by atoms with Crippen molar-refractivity contribution in [2.75, 3.05) is 18.2 Å². The maximum atomic E-state index is 12.4. The number of carbonyl (C=O) groups excluding carboxylic acids is 1. The fourth-order valence-corrected chi connectivity index (χ4v) is 4.60. The summed E-state index contributed by atoms with van der Waals surface area (Å²) in [5, 5.41) is 2.99. The third-order valence-corrected chi connectivity index (χ3v) is 6.83. The maximum Gasteiger partial charge on any atom is 0.421 e. The number of anilines is 2. The highest BCUT2D eigenvalue weighted by Crippen LogP contribution is 2.41. The normalized spacial score (nSPS) is 18.6. The predicted molar refractivity (Wildman–Crippen MR) is 125 cm³/mol. The maximum absolute atomic E-state index is 12.4. The van der Waals surface area contributed by atoms with Gasteiger partial charge < -0.3 is 10.1 Å². The van der Waals surface area contributed by atoms with Gasteiger partial charge in [0.05, 0.1) is 17.8 Å². The van der Waals surface area contributed by atoms with E-state index in [9.17, 15) is 21.6 Å². The number of nitrogens with one attached hydrogen (secondary N) is 2. The summed E-state index contributed by atoms with van der Waals surface area (Å²) in [6.45, 7) is 5.09. The van der Waals surface area contributed by atoms with Gasteiger partial charge in [0.1, 0.15) is 5.60 Å². The summed E-state index contributed by atoms with van der Waals surface area (Å²) < 4.78 is 58.5. The number of amides is 1. The van der Waals surface area contributed by atoms with Crippen LogP contribution in [-0.4, -0.2) is 51.4 Å². The van der Waals surface area contributed by atoms with Crippen molar-refractivity contribution >= 4 is 37.9 Å². The summed E-state index contributed by atoms with van der Waals surface area (Å²) in [6.07, 6.45) is 5.01. The fourth-order valence-electron chi connectivity index (χ4n) is 3.29. The van der Waals surface area contributed by atoms with Crippen LogP contribution in [0, 0.1) is 5.92 Å². The fraction of sp³-hybridized carbons (Fsp3) is 0.476. The molecule has 34 heavy (non-hydrogen) atoms. The van der Waals surface area contributed by atoms with Gasteiger partial charge in [0, 0.05) is 18.1 Å². The Morgan fingerprint density at radius 1 is 1.06 bits per heavy atom. The van der Waals surface area contributed by atoms with Crippen LogP contribution < -0.4 is 10.0 Å². The van der Waals surface area contributed by atoms with Crippen molar-refractivity contribution in [3.63, 3.8) is 0 Å². The Morgan fingerprint density at radius 2 is 1.65 bits per heavy atom. The molecule has 1 aliphatic rings. The van der Waals surface area contributed by atoms with E-state index in [1.807, 2.05) is 4.72 Å². The minimum absolute atomic E-state index is 0.0976. The molecule has 0 saturated heterocycles. The first kappa shape index (κ1) is 25.8. The van der Waals surface area contributed by atoms with Crippen molar-refractivity contribution in [1.29, 1.82) is 0 Å². The van der Waals surface area contributed by atoms with Crippen LogP contribution in [0.15, 0.2) is 41.6 Å². The van der Waals surface area contributed by atoms with E-state index in [-0.39, 0.29) is 23.3 Å². The van der Waals surface area contributed by atoms with Crippen LogP contribution in [0.2, 0.25) is 0 Å². The molecule has 3 rings (SSSR count). The van der Waals surface area contributed by atoms with Gasteiger partial charge >= 0.3 is 6.09 Å². The van der Waals surface area contributed by atoms with Crippen molar-refractivity contribution in [1.82, 2.24) is 14.7 Å². The van der Waals surface area contributed by atoms with Crippen LogP contribution in [0.25, 0.3) is 0 Å². The van der Waals surface area contributed by atoms with E-state index in [2.05, 4.69) is 15.3 Å². The first-order valence-corrected chi connectivity index (χ1v) is 13.8. The molecule has 1 amide bonds. The number of rotatable bonds is 8. The number of aromatic nitrogens is 2. The van der Waals surface area contributed by atoms with Crippen molar-refractivity contribution in [2.24, 2.45) is 5.92 Å². The summed E-state index contributed by atoms with van der Waals surface area (Å²) in [5.41, 5.74) is 0.692. The van der Waals surface area contributed by atoms with Gasteiger partial charge in [-0.25, -0.2) is 27.9 Å². The van der Waals surface area contributed by atoms with Crippen LogP contribution in [0.5, 0.6) is 0 Å². The minimum Gasteiger partial charge on any atom is -0.443 e. The van der Waals surface area contributed by atoms with Crippen molar-refractivity contribution in [2.45, 2.75) is 50.0 Å². The van der Waals surface area contributed by atoms with E-state index in [0.717, 1.165) is 24.7 Å². The molecule has 1 aliphatic carbocycles. The molecular formula is C21H28N4O7S2. The van der Waals surface area contributed by atoms with E-state index in [0.29, 0.717) is 11.6 Å². The summed E-state index contributed by atoms with van der Waals surface area (Å²) in [5.74, 6) is 0.781. The quantitative estimate of drug-likeness (QED) is 0.505. The molecule has 1 heterocycles. The van der Waals surface area contributed by atoms with Gasteiger partial charge in [-0.1, -0.05) is 0 Å². The molecule has 186 valence electrons. The zero-order valence-electron chi connectivity index (χ0n) is 19.3. The molecule has 0 radical (unpaired) electrons. The lowest BCUT2D eigenvalue weighted by Crippen LogP contribution is -2.36. The van der Waals surface area contributed by atoms with E-state index in [1.54, 1.807) is 33.2 Å². The number of hydrogen-bond acceptors (Lipinski definition) is 10. The van der Waals surface area contributed by atoms with Gasteiger partial charge in [-0.15, -0.1) is 0 Å². The van der Waals surface area contributed by atoms with Gasteiger partial charge in [-0.3, -0.25) is 4.18 Å². The van der Waals surface area contributed by atoms with E-state index >= 15 is 0 Å². The first-order chi connectivity index (χ1) is 15.7. The Hall–Kier alpha value is -2.77. The van der Waals surface area contributed by atoms with Crippen LogP contribution in [0.1, 0.15) is 45.1 Å². The molecule has 0 unspecified atom stereocenters. The number of hydrogen-bond donors (Lipinski definition) is 2. The van der Waals surface area contributed by atoms with E-state index < -0.39 is 31.8 Å². The molecule has 0 aliphatic heterocycles. The molecule has 1 fully saturated rings. The second-order valence-corrected chi connectivity index (χ2v) is 12.4. The van der Waals surface area contributed by atoms with E-state index in [4.69, 9.17) is 8.92 Å². The molecule has 0 spiro atoms. The smallest absolute Gasteiger partial charge is 0.421 e. The molecule has 1 aromatic heterocycles. The number of ether oxygens (including phenoxy) is 1. The first-order valence-electron chi connectivity index (χ1n) is 10.5. The van der Waals surface area contributed by atoms with Gasteiger partial charge in [-0.05, 0) is 75.3 Å². The van der Waals surface area contributed by atoms with Crippen LogP contribution >= 0.6 is 0 Å². The van der Waals surface area contributed by atoms with Crippen LogP contribution in [-0.2, 0) is 29.1 Å². The Kier molecular flexibility index (Phi) is 7.48. The van der Waals surface area contributed by atoms with Gasteiger partial charge in [-0.2, -0.15) is 8.42 Å². The van der Waals surface area contributed by atoms with Crippen molar-refractivity contribution < 1.29 is 30.6 Å². The molecule has 1 saturated carbocycles. The topological polar surface area (TPSA) is 154 Å². The second kappa shape index (κ2) is 9.84. The average Bonchev–Trinajstić information content (AvgIpc) is 2.65. The Bertz CT molecular complexity index is 1220. The zero-order valence-corrected chi connectivity index (χ0v) is 20.9. The summed E-state index contributed by atoms with van der Waals surface area (Å²) in [4.78, 5) is 20.3. The molecule has 13 heteroatoms. The highest BCUT2D eigenvalue weighted by molar-refractivity contribution is 7.90. The van der Waals surface area contributed by atoms with Crippen molar-refractivity contribution in [3.8, 4) is 0 Å². The number of sulfonamides is 1. The largest absolute Gasteiger partial charge is 0.443 e. The Labute approximate surface area is 199 Å². The SMILES string of the molecule is CC(C)(C)OC(=O)NS(=O)(=O)c1ccc(Nc2ncc(C3CC(COS(C)(=O)=O)C3)cn2)cc1. The Balaban J connectivity index is 1.53. The molecule has 0 bridgehead atoms. The molecule has 2 N–H and O–H groups in total. The molecule has 1 aromatic carbocycles. The van der Waals surface area contributed by atoms with Crippen LogP contribution in [0.4, 0.5) is 16.4 Å². The van der Waals surface area contributed by atoms with Gasteiger partial charge in [0.2, 0.25) is 5.95 Å². The lowest BCUT2D eigenvalue weighted by molar-refractivity contribution is 0.0570. The zero-order chi connectivity index (χ0) is 25.1. The third kappa shape index (κ3) is 7.64. The van der Waals surface area contributed by atoms with Crippen LogP contribution in [0.3, 0.4) is 0 Å². The molecule has 2 aromatic rings. The summed E-state index contributed by atoms with van der Waals surface area (Å²) in [7, 11) is -7.50. The number of carbonyl (C=O) groups is 1. The number of benzene rings is 1. The lowest BCUT2D eigenvalue weighted by Gasteiger charge is -2.34. The van der Waals surface area contributed by atoms with Gasteiger partial charge in [0.15, 0.2) is 0 Å². The predicted octanol–water partition coefficient (Wildman–Crippen LogP) is 2.90. The van der Waals surface area contributed by atoms with E-state index in [1.165, 1.54) is 24.3 Å². The monoisotopic (exact) mass is 512 g/mol. The average molecular weight is 513 g/mol. The standard InChI is InChI=1S/C21H28N4O7S2/c1-21(2,3)32-20(26)25-34(29,30)18-7-5-17(6-8-18)24-19-22-11-16(12-23-19)15-9-14(10-15)13-31-33(4,27)28/h5-8,11-12,14-15H,9-10,13H2,1-4H3,(H,25,26)(H,22,23,24). The molecule has 11 nitrogen and oxygen atoms in total.